The van der Waals surface area contributed by atoms with Gasteiger partial charge in [-0.2, -0.15) is 5.10 Å². The molecule has 0 saturated heterocycles. The second-order valence-corrected chi connectivity index (χ2v) is 5.52. The predicted octanol–water partition coefficient (Wildman–Crippen LogP) is 1.86. The lowest BCUT2D eigenvalue weighted by atomic mass is 9.83. The van der Waals surface area contributed by atoms with Crippen molar-refractivity contribution in [3.63, 3.8) is 0 Å². The number of hydrazine groups is 1. The van der Waals surface area contributed by atoms with Gasteiger partial charge in [0.1, 0.15) is 0 Å². The fourth-order valence-electron chi connectivity index (χ4n) is 2.10. The van der Waals surface area contributed by atoms with Gasteiger partial charge >= 0.3 is 0 Å². The first-order valence-electron chi connectivity index (χ1n) is 6.54. The van der Waals surface area contributed by atoms with Crippen LogP contribution in [0.5, 0.6) is 0 Å². The lowest BCUT2D eigenvalue weighted by molar-refractivity contribution is -0.0366. The van der Waals surface area contributed by atoms with Crippen molar-refractivity contribution in [1.82, 2.24) is 15.2 Å². The third-order valence-corrected chi connectivity index (χ3v) is 3.02. The normalized spacial score (nSPS) is 15.7. The first kappa shape index (κ1) is 15.1. The van der Waals surface area contributed by atoms with Crippen LogP contribution in [0.4, 0.5) is 0 Å². The Labute approximate surface area is 110 Å². The van der Waals surface area contributed by atoms with E-state index in [1.807, 2.05) is 24.0 Å². The number of aromatic nitrogens is 2. The summed E-state index contributed by atoms with van der Waals surface area (Å²) in [6.07, 6.45) is 3.87. The minimum atomic E-state index is -0.0507. The molecule has 0 spiro atoms. The minimum absolute atomic E-state index is 0.00135. The summed E-state index contributed by atoms with van der Waals surface area (Å²) in [5.41, 5.74) is 3.93. The van der Waals surface area contributed by atoms with Crippen LogP contribution >= 0.6 is 0 Å². The van der Waals surface area contributed by atoms with Crippen LogP contribution in [0.25, 0.3) is 0 Å². The molecule has 0 fully saturated rings. The van der Waals surface area contributed by atoms with E-state index in [1.165, 1.54) is 0 Å². The molecule has 0 aliphatic rings. The van der Waals surface area contributed by atoms with Gasteiger partial charge in [-0.3, -0.25) is 16.0 Å². The first-order valence-corrected chi connectivity index (χ1v) is 6.54. The third kappa shape index (κ3) is 3.54. The molecule has 2 unspecified atom stereocenters. The van der Waals surface area contributed by atoms with Crippen molar-refractivity contribution in [1.29, 1.82) is 0 Å². The first-order chi connectivity index (χ1) is 8.43. The Balaban J connectivity index is 2.98. The predicted molar refractivity (Wildman–Crippen MR) is 72.8 cm³/mol. The molecule has 104 valence electrons. The Morgan fingerprint density at radius 1 is 1.44 bits per heavy atom. The Bertz CT molecular complexity index is 356. The summed E-state index contributed by atoms with van der Waals surface area (Å²) in [5.74, 6) is 5.72. The van der Waals surface area contributed by atoms with E-state index < -0.39 is 0 Å². The van der Waals surface area contributed by atoms with Gasteiger partial charge in [0, 0.05) is 24.9 Å². The van der Waals surface area contributed by atoms with Crippen molar-refractivity contribution in [2.24, 2.45) is 11.3 Å². The van der Waals surface area contributed by atoms with Gasteiger partial charge in [0.05, 0.1) is 18.3 Å². The molecule has 5 nitrogen and oxygen atoms in total. The largest absolute Gasteiger partial charge is 0.376 e. The van der Waals surface area contributed by atoms with Crippen molar-refractivity contribution >= 4 is 0 Å². The van der Waals surface area contributed by atoms with E-state index in [9.17, 15) is 0 Å². The molecule has 3 N–H and O–H groups in total. The standard InChI is InChI=1S/C13H26N4O/c1-6-17-9-10(8-15-17)11(16-14)12(18-7-2)13(3,4)5/h8-9,11-12,16H,6-7,14H2,1-5H3. The number of aryl methyl sites for hydroxylation is 1. The number of nitrogens with zero attached hydrogens (tertiary/aromatic N) is 2. The molecule has 0 saturated carbocycles. The molecule has 0 amide bonds. The van der Waals surface area contributed by atoms with Gasteiger partial charge < -0.3 is 4.74 Å². The SMILES string of the molecule is CCOC(C(NN)c1cnn(CC)c1)C(C)(C)C. The van der Waals surface area contributed by atoms with Gasteiger partial charge in [-0.25, -0.2) is 0 Å². The highest BCUT2D eigenvalue weighted by atomic mass is 16.5. The summed E-state index contributed by atoms with van der Waals surface area (Å²) in [6, 6.07) is -0.0507. The van der Waals surface area contributed by atoms with Crippen molar-refractivity contribution in [3.05, 3.63) is 18.0 Å². The van der Waals surface area contributed by atoms with Crippen LogP contribution in [0.15, 0.2) is 12.4 Å². The van der Waals surface area contributed by atoms with Gasteiger partial charge in [0.2, 0.25) is 0 Å². The van der Waals surface area contributed by atoms with Crippen LogP contribution in [0.3, 0.4) is 0 Å². The van der Waals surface area contributed by atoms with E-state index >= 15 is 0 Å². The molecule has 0 bridgehead atoms. The van der Waals surface area contributed by atoms with Crippen LogP contribution in [-0.2, 0) is 11.3 Å². The van der Waals surface area contributed by atoms with Crippen LogP contribution in [0, 0.1) is 5.41 Å². The van der Waals surface area contributed by atoms with Crippen molar-refractivity contribution in [2.45, 2.75) is 53.3 Å². The average Bonchev–Trinajstić information content (AvgIpc) is 2.76. The molecule has 0 radical (unpaired) electrons. The molecule has 1 aromatic heterocycles. The molecule has 18 heavy (non-hydrogen) atoms. The van der Waals surface area contributed by atoms with Gasteiger partial charge in [-0.1, -0.05) is 20.8 Å². The quantitative estimate of drug-likeness (QED) is 0.601. The average molecular weight is 254 g/mol. The summed E-state index contributed by atoms with van der Waals surface area (Å²) in [6.45, 7) is 12.0. The van der Waals surface area contributed by atoms with E-state index in [1.54, 1.807) is 0 Å². The van der Waals surface area contributed by atoms with Crippen LogP contribution in [-0.4, -0.2) is 22.5 Å². The molecule has 5 heteroatoms. The van der Waals surface area contributed by atoms with E-state index in [0.717, 1.165) is 12.1 Å². The highest BCUT2D eigenvalue weighted by Crippen LogP contribution is 2.32. The van der Waals surface area contributed by atoms with E-state index in [-0.39, 0.29) is 17.6 Å². The van der Waals surface area contributed by atoms with E-state index in [4.69, 9.17) is 10.6 Å². The second kappa shape index (κ2) is 6.31. The fourth-order valence-corrected chi connectivity index (χ4v) is 2.10. The summed E-state index contributed by atoms with van der Waals surface area (Å²) in [5, 5.41) is 4.29. The molecule has 0 aliphatic heterocycles. The Kier molecular flexibility index (Phi) is 5.31. The lowest BCUT2D eigenvalue weighted by Crippen LogP contribution is -2.44. The van der Waals surface area contributed by atoms with Crippen molar-refractivity contribution in [3.8, 4) is 0 Å². The van der Waals surface area contributed by atoms with Gasteiger partial charge in [0.25, 0.3) is 0 Å². The molecule has 1 rings (SSSR count). The highest BCUT2D eigenvalue weighted by Gasteiger charge is 2.34. The topological polar surface area (TPSA) is 65.1 Å². The molecule has 0 aromatic carbocycles. The van der Waals surface area contributed by atoms with Crippen molar-refractivity contribution in [2.75, 3.05) is 6.61 Å². The lowest BCUT2D eigenvalue weighted by Gasteiger charge is -2.36. The number of rotatable bonds is 6. The summed E-state index contributed by atoms with van der Waals surface area (Å²) < 4.78 is 7.77. The van der Waals surface area contributed by atoms with E-state index in [2.05, 4.69) is 38.2 Å². The summed E-state index contributed by atoms with van der Waals surface area (Å²) in [7, 11) is 0. The van der Waals surface area contributed by atoms with E-state index in [0.29, 0.717) is 6.61 Å². The fraction of sp³-hybridized carbons (Fsp3) is 0.769. The monoisotopic (exact) mass is 254 g/mol. The summed E-state index contributed by atoms with van der Waals surface area (Å²) >= 11 is 0. The van der Waals surface area contributed by atoms with Gasteiger partial charge in [-0.05, 0) is 19.3 Å². The third-order valence-electron chi connectivity index (χ3n) is 3.02. The zero-order valence-electron chi connectivity index (χ0n) is 12.1. The van der Waals surface area contributed by atoms with Gasteiger partial charge in [0.15, 0.2) is 0 Å². The maximum Gasteiger partial charge on any atom is 0.0831 e. The van der Waals surface area contributed by atoms with Crippen molar-refractivity contribution < 1.29 is 4.74 Å². The smallest absolute Gasteiger partial charge is 0.0831 e. The number of hydrogen-bond donors (Lipinski definition) is 2. The number of ether oxygens (including phenoxy) is 1. The van der Waals surface area contributed by atoms with Crippen LogP contribution in [0.1, 0.15) is 46.2 Å². The zero-order chi connectivity index (χ0) is 13.8. The zero-order valence-corrected chi connectivity index (χ0v) is 12.1. The Morgan fingerprint density at radius 3 is 2.50 bits per heavy atom. The molecular formula is C13H26N4O. The number of nitrogens with two attached hydrogens (primary N) is 1. The minimum Gasteiger partial charge on any atom is -0.376 e. The number of hydrogen-bond acceptors (Lipinski definition) is 4. The Hall–Kier alpha value is -0.910. The maximum atomic E-state index is 5.88. The Morgan fingerprint density at radius 2 is 2.11 bits per heavy atom. The molecule has 1 aromatic rings. The molecule has 1 heterocycles. The van der Waals surface area contributed by atoms with Crippen LogP contribution < -0.4 is 11.3 Å². The summed E-state index contributed by atoms with van der Waals surface area (Å²) in [4.78, 5) is 0. The molecule has 0 aliphatic carbocycles. The van der Waals surface area contributed by atoms with Gasteiger partial charge in [-0.15, -0.1) is 0 Å². The van der Waals surface area contributed by atoms with Crippen LogP contribution in [0.2, 0.25) is 0 Å². The highest BCUT2D eigenvalue weighted by molar-refractivity contribution is 5.13. The molecule has 2 atom stereocenters. The maximum absolute atomic E-state index is 5.88. The second-order valence-electron chi connectivity index (χ2n) is 5.52. The molecular weight excluding hydrogens is 228 g/mol. The number of nitrogens with one attached hydrogen (secondary N) is 1.